The summed E-state index contributed by atoms with van der Waals surface area (Å²) in [6.07, 6.45) is 3.44. The Kier molecular flexibility index (Phi) is 6.07. The van der Waals surface area contributed by atoms with Crippen molar-refractivity contribution in [2.24, 2.45) is 5.92 Å². The molecule has 2 aliphatic heterocycles. The first-order chi connectivity index (χ1) is 15.6. The zero-order valence-corrected chi connectivity index (χ0v) is 19.3. The van der Waals surface area contributed by atoms with Crippen LogP contribution in [0.4, 0.5) is 0 Å². The van der Waals surface area contributed by atoms with Gasteiger partial charge in [0.2, 0.25) is 5.91 Å². The number of nitrogens with zero attached hydrogens (tertiary/aromatic N) is 5. The maximum absolute atomic E-state index is 13.2. The molecule has 0 N–H and O–H groups in total. The predicted molar refractivity (Wildman–Crippen MR) is 124 cm³/mol. The number of thiophene rings is 1. The third-order valence-electron chi connectivity index (χ3n) is 6.22. The lowest BCUT2D eigenvalue weighted by Crippen LogP contribution is -2.52. The van der Waals surface area contributed by atoms with Gasteiger partial charge in [0.05, 0.1) is 16.5 Å². The summed E-state index contributed by atoms with van der Waals surface area (Å²) in [5.74, 6) is 0.0697. The standard InChI is InChI=1S/C22H25N5O3S2/c28-19-13-17(23-22-27(19)10-12-32-22)15-24-6-8-25(9-7-24)20(29)16-3-1-5-26(14-16)21(30)18-4-2-11-31-18/h2,4,10-13,16H,1,3,5-9,14-15H2. The normalized spacial score (nSPS) is 20.1. The van der Waals surface area contributed by atoms with Gasteiger partial charge in [-0.1, -0.05) is 6.07 Å². The topological polar surface area (TPSA) is 78.2 Å². The summed E-state index contributed by atoms with van der Waals surface area (Å²) in [6, 6.07) is 5.32. The number of fused-ring (bicyclic) bond motifs is 1. The van der Waals surface area contributed by atoms with Crippen molar-refractivity contribution in [2.45, 2.75) is 19.4 Å². The molecule has 0 radical (unpaired) electrons. The van der Waals surface area contributed by atoms with E-state index in [0.29, 0.717) is 31.1 Å². The summed E-state index contributed by atoms with van der Waals surface area (Å²) in [5, 5.41) is 3.77. The zero-order valence-electron chi connectivity index (χ0n) is 17.7. The Morgan fingerprint density at radius 3 is 2.69 bits per heavy atom. The van der Waals surface area contributed by atoms with Gasteiger partial charge in [-0.3, -0.25) is 23.7 Å². The van der Waals surface area contributed by atoms with Gasteiger partial charge in [0, 0.05) is 63.5 Å². The first kappa shape index (κ1) is 21.3. The highest BCUT2D eigenvalue weighted by Gasteiger charge is 2.33. The van der Waals surface area contributed by atoms with Crippen LogP contribution in [0.1, 0.15) is 28.2 Å². The number of piperazine rings is 1. The first-order valence-corrected chi connectivity index (χ1v) is 12.6. The molecule has 1 atom stereocenters. The molecule has 5 rings (SSSR count). The molecule has 0 spiro atoms. The van der Waals surface area contributed by atoms with Crippen molar-refractivity contribution in [3.63, 3.8) is 0 Å². The van der Waals surface area contributed by atoms with Crippen molar-refractivity contribution in [1.29, 1.82) is 0 Å². The van der Waals surface area contributed by atoms with E-state index in [4.69, 9.17) is 0 Å². The lowest BCUT2D eigenvalue weighted by molar-refractivity contribution is -0.138. The van der Waals surface area contributed by atoms with E-state index >= 15 is 0 Å². The number of likely N-dealkylation sites (tertiary alicyclic amines) is 1. The smallest absolute Gasteiger partial charge is 0.263 e. The van der Waals surface area contributed by atoms with Gasteiger partial charge >= 0.3 is 0 Å². The largest absolute Gasteiger partial charge is 0.340 e. The summed E-state index contributed by atoms with van der Waals surface area (Å²) < 4.78 is 1.56. The van der Waals surface area contributed by atoms with Gasteiger partial charge in [-0.25, -0.2) is 4.98 Å². The lowest BCUT2D eigenvalue weighted by Gasteiger charge is -2.38. The Hall–Kier alpha value is -2.56. The molecule has 168 valence electrons. The van der Waals surface area contributed by atoms with E-state index in [-0.39, 0.29) is 23.3 Å². The zero-order chi connectivity index (χ0) is 22.1. The maximum Gasteiger partial charge on any atom is 0.263 e. The van der Waals surface area contributed by atoms with Crippen LogP contribution in [0.2, 0.25) is 0 Å². The number of rotatable bonds is 4. The number of hydrogen-bond acceptors (Lipinski definition) is 7. The van der Waals surface area contributed by atoms with Crippen LogP contribution < -0.4 is 5.56 Å². The van der Waals surface area contributed by atoms with Crippen molar-refractivity contribution in [2.75, 3.05) is 39.3 Å². The maximum atomic E-state index is 13.2. The second-order valence-corrected chi connectivity index (χ2v) is 10.1. The van der Waals surface area contributed by atoms with E-state index in [1.807, 2.05) is 32.7 Å². The highest BCUT2D eigenvalue weighted by atomic mass is 32.1. The van der Waals surface area contributed by atoms with Crippen LogP contribution in [-0.4, -0.2) is 75.2 Å². The highest BCUT2D eigenvalue weighted by molar-refractivity contribution is 7.15. The third kappa shape index (κ3) is 4.35. The minimum Gasteiger partial charge on any atom is -0.340 e. The fourth-order valence-corrected chi connectivity index (χ4v) is 5.93. The third-order valence-corrected chi connectivity index (χ3v) is 7.83. The monoisotopic (exact) mass is 471 g/mol. The van der Waals surface area contributed by atoms with Crippen LogP contribution >= 0.6 is 22.7 Å². The van der Waals surface area contributed by atoms with E-state index in [1.54, 1.807) is 16.7 Å². The number of hydrogen-bond donors (Lipinski definition) is 0. The molecule has 1 unspecified atom stereocenters. The molecule has 2 amide bonds. The molecule has 2 fully saturated rings. The Morgan fingerprint density at radius 2 is 1.91 bits per heavy atom. The summed E-state index contributed by atoms with van der Waals surface area (Å²) in [4.78, 5) is 50.1. The molecule has 0 bridgehead atoms. The van der Waals surface area contributed by atoms with Crippen molar-refractivity contribution in [1.82, 2.24) is 24.1 Å². The molecule has 0 aromatic carbocycles. The Balaban J connectivity index is 1.16. The molecule has 0 aliphatic carbocycles. The molecule has 0 saturated carbocycles. The fraction of sp³-hybridized carbons (Fsp3) is 0.455. The van der Waals surface area contributed by atoms with Crippen LogP contribution in [0.25, 0.3) is 4.96 Å². The number of aromatic nitrogens is 2. The van der Waals surface area contributed by atoms with Gasteiger partial charge in [0.15, 0.2) is 4.96 Å². The molecule has 3 aromatic rings. The van der Waals surface area contributed by atoms with Crippen LogP contribution in [0.3, 0.4) is 0 Å². The Labute approximate surface area is 193 Å². The van der Waals surface area contributed by atoms with Gasteiger partial charge in [-0.05, 0) is 24.3 Å². The number of carbonyl (C=O) groups excluding carboxylic acids is 2. The number of amides is 2. The average molecular weight is 472 g/mol. The molecule has 32 heavy (non-hydrogen) atoms. The molecule has 2 aliphatic rings. The quantitative estimate of drug-likeness (QED) is 0.582. The number of carbonyl (C=O) groups is 2. The highest BCUT2D eigenvalue weighted by Crippen LogP contribution is 2.23. The average Bonchev–Trinajstić information content (AvgIpc) is 3.51. The van der Waals surface area contributed by atoms with Crippen LogP contribution in [0.5, 0.6) is 0 Å². The van der Waals surface area contributed by atoms with Crippen molar-refractivity contribution >= 4 is 39.4 Å². The molecule has 2 saturated heterocycles. The van der Waals surface area contributed by atoms with Gasteiger partial charge in [-0.15, -0.1) is 22.7 Å². The fourth-order valence-electron chi connectivity index (χ4n) is 4.50. The van der Waals surface area contributed by atoms with Gasteiger partial charge in [0.25, 0.3) is 11.5 Å². The van der Waals surface area contributed by atoms with E-state index in [1.165, 1.54) is 22.7 Å². The van der Waals surface area contributed by atoms with Gasteiger partial charge in [0.1, 0.15) is 0 Å². The summed E-state index contributed by atoms with van der Waals surface area (Å²) in [6.45, 7) is 4.66. The molecular formula is C22H25N5O3S2. The first-order valence-electron chi connectivity index (χ1n) is 10.9. The number of thiazole rings is 1. The van der Waals surface area contributed by atoms with Crippen molar-refractivity contribution < 1.29 is 9.59 Å². The molecule has 8 nitrogen and oxygen atoms in total. The van der Waals surface area contributed by atoms with E-state index in [2.05, 4.69) is 9.88 Å². The Morgan fingerprint density at radius 1 is 1.06 bits per heavy atom. The predicted octanol–water partition coefficient (Wildman–Crippen LogP) is 2.01. The summed E-state index contributed by atoms with van der Waals surface area (Å²) >= 11 is 2.90. The van der Waals surface area contributed by atoms with E-state index < -0.39 is 0 Å². The number of piperidine rings is 1. The molecule has 5 heterocycles. The minimum absolute atomic E-state index is 0.0356. The molecular weight excluding hydrogens is 446 g/mol. The van der Waals surface area contributed by atoms with Gasteiger partial charge in [-0.2, -0.15) is 0 Å². The minimum atomic E-state index is -0.123. The Bertz CT molecular complexity index is 1160. The van der Waals surface area contributed by atoms with Crippen LogP contribution in [-0.2, 0) is 11.3 Å². The van der Waals surface area contributed by atoms with Crippen LogP contribution in [0.15, 0.2) is 40.0 Å². The van der Waals surface area contributed by atoms with E-state index in [9.17, 15) is 14.4 Å². The summed E-state index contributed by atoms with van der Waals surface area (Å²) in [7, 11) is 0. The van der Waals surface area contributed by atoms with E-state index in [0.717, 1.165) is 43.0 Å². The van der Waals surface area contributed by atoms with Gasteiger partial charge < -0.3 is 9.80 Å². The summed E-state index contributed by atoms with van der Waals surface area (Å²) in [5.41, 5.74) is 0.714. The van der Waals surface area contributed by atoms with Crippen molar-refractivity contribution in [3.8, 4) is 0 Å². The molecule has 3 aromatic heterocycles. The lowest BCUT2D eigenvalue weighted by atomic mass is 9.96. The SMILES string of the molecule is O=C(c1cccs1)N1CCCC(C(=O)N2CCN(Cc3cc(=O)n4ccsc4n3)CC2)C1. The molecule has 10 heteroatoms. The second kappa shape index (κ2) is 9.13. The van der Waals surface area contributed by atoms with Crippen molar-refractivity contribution in [3.05, 3.63) is 56.1 Å². The van der Waals surface area contributed by atoms with Crippen LogP contribution in [0, 0.1) is 5.92 Å². The second-order valence-electron chi connectivity index (χ2n) is 8.31.